The maximum Gasteiger partial charge on any atom is 0.224 e. The van der Waals surface area contributed by atoms with Gasteiger partial charge in [0.05, 0.1) is 12.3 Å². The summed E-state index contributed by atoms with van der Waals surface area (Å²) in [7, 11) is 1.66. The Hall–Kier alpha value is -3.12. The number of aromatic nitrogens is 2. The molecule has 6 heteroatoms. The van der Waals surface area contributed by atoms with E-state index in [2.05, 4.69) is 20.6 Å². The standard InChI is InChI=1S/C19H20N4O2/c1-24-14-13-21-19-20-12-11-18(23-19)22-16-9-5-6-10-17(16)25-15-7-3-2-4-8-15/h2-12H,13-14H2,1H3,(H2,20,21,22,23). The fraction of sp³-hybridized carbons (Fsp3) is 0.158. The van der Waals surface area contributed by atoms with E-state index in [1.807, 2.05) is 54.6 Å². The van der Waals surface area contributed by atoms with Gasteiger partial charge in [0.25, 0.3) is 0 Å². The van der Waals surface area contributed by atoms with E-state index in [-0.39, 0.29) is 0 Å². The zero-order valence-electron chi connectivity index (χ0n) is 14.0. The van der Waals surface area contributed by atoms with Gasteiger partial charge in [-0.2, -0.15) is 4.98 Å². The molecule has 0 saturated carbocycles. The molecule has 128 valence electrons. The summed E-state index contributed by atoms with van der Waals surface area (Å²) < 4.78 is 11.0. The predicted octanol–water partition coefficient (Wildman–Crippen LogP) is 4.07. The fourth-order valence-electron chi connectivity index (χ4n) is 2.19. The van der Waals surface area contributed by atoms with Crippen molar-refractivity contribution < 1.29 is 9.47 Å². The number of hydrogen-bond donors (Lipinski definition) is 2. The largest absolute Gasteiger partial charge is 0.455 e. The predicted molar refractivity (Wildman–Crippen MR) is 98.6 cm³/mol. The molecule has 0 atom stereocenters. The van der Waals surface area contributed by atoms with Crippen LogP contribution < -0.4 is 15.4 Å². The van der Waals surface area contributed by atoms with Crippen molar-refractivity contribution in [2.75, 3.05) is 30.9 Å². The molecule has 0 amide bonds. The highest BCUT2D eigenvalue weighted by molar-refractivity contribution is 5.65. The van der Waals surface area contributed by atoms with E-state index in [0.29, 0.717) is 24.9 Å². The first-order chi connectivity index (χ1) is 12.3. The Bertz CT molecular complexity index is 796. The molecule has 1 heterocycles. The average Bonchev–Trinajstić information content (AvgIpc) is 2.65. The Balaban J connectivity index is 1.74. The molecule has 0 aliphatic rings. The lowest BCUT2D eigenvalue weighted by atomic mass is 10.3. The molecule has 0 fully saturated rings. The van der Waals surface area contributed by atoms with Gasteiger partial charge in [-0.25, -0.2) is 4.98 Å². The molecule has 0 radical (unpaired) electrons. The summed E-state index contributed by atoms with van der Waals surface area (Å²) in [5.74, 6) is 2.73. The van der Waals surface area contributed by atoms with Crippen molar-refractivity contribution in [2.24, 2.45) is 0 Å². The van der Waals surface area contributed by atoms with Crippen molar-refractivity contribution in [1.29, 1.82) is 0 Å². The van der Waals surface area contributed by atoms with Crippen molar-refractivity contribution in [3.05, 3.63) is 66.9 Å². The number of para-hydroxylation sites is 3. The van der Waals surface area contributed by atoms with Crippen LogP contribution in [0.15, 0.2) is 66.9 Å². The SMILES string of the molecule is COCCNc1nccc(Nc2ccccc2Oc2ccccc2)n1. The van der Waals surface area contributed by atoms with Gasteiger partial charge in [-0.15, -0.1) is 0 Å². The second-order valence-electron chi connectivity index (χ2n) is 5.22. The number of benzene rings is 2. The van der Waals surface area contributed by atoms with Gasteiger partial charge in [0.2, 0.25) is 5.95 Å². The molecule has 0 aliphatic heterocycles. The van der Waals surface area contributed by atoms with Gasteiger partial charge in [0.1, 0.15) is 11.6 Å². The Kier molecular flexibility index (Phi) is 5.79. The van der Waals surface area contributed by atoms with Crippen molar-refractivity contribution in [3.63, 3.8) is 0 Å². The van der Waals surface area contributed by atoms with Gasteiger partial charge in [0.15, 0.2) is 5.75 Å². The lowest BCUT2D eigenvalue weighted by Gasteiger charge is -2.13. The first kappa shape index (κ1) is 16.7. The number of anilines is 3. The zero-order valence-corrected chi connectivity index (χ0v) is 14.0. The first-order valence-electron chi connectivity index (χ1n) is 8.00. The Labute approximate surface area is 146 Å². The van der Waals surface area contributed by atoms with Crippen LogP contribution in [-0.4, -0.2) is 30.2 Å². The summed E-state index contributed by atoms with van der Waals surface area (Å²) in [5.41, 5.74) is 0.827. The molecule has 3 rings (SSSR count). The van der Waals surface area contributed by atoms with Crippen LogP contribution >= 0.6 is 0 Å². The highest BCUT2D eigenvalue weighted by Crippen LogP contribution is 2.30. The molecule has 0 unspecified atom stereocenters. The van der Waals surface area contributed by atoms with Gasteiger partial charge < -0.3 is 20.1 Å². The molecule has 0 spiro atoms. The van der Waals surface area contributed by atoms with Crippen molar-refractivity contribution in [2.45, 2.75) is 0 Å². The molecule has 0 aliphatic carbocycles. The highest BCUT2D eigenvalue weighted by atomic mass is 16.5. The molecule has 6 nitrogen and oxygen atoms in total. The molecule has 2 aromatic carbocycles. The number of methoxy groups -OCH3 is 1. The van der Waals surface area contributed by atoms with Crippen molar-refractivity contribution >= 4 is 17.5 Å². The van der Waals surface area contributed by atoms with E-state index in [9.17, 15) is 0 Å². The lowest BCUT2D eigenvalue weighted by molar-refractivity contribution is 0.210. The fourth-order valence-corrected chi connectivity index (χ4v) is 2.19. The molecule has 0 bridgehead atoms. The number of rotatable bonds is 8. The second kappa shape index (κ2) is 8.65. The summed E-state index contributed by atoms with van der Waals surface area (Å²) in [6, 6.07) is 19.2. The Morgan fingerprint density at radius 2 is 1.76 bits per heavy atom. The van der Waals surface area contributed by atoms with E-state index in [1.54, 1.807) is 19.4 Å². The average molecular weight is 336 g/mol. The monoisotopic (exact) mass is 336 g/mol. The summed E-state index contributed by atoms with van der Waals surface area (Å²) in [5, 5.41) is 6.38. The third-order valence-electron chi connectivity index (χ3n) is 3.37. The third-order valence-corrected chi connectivity index (χ3v) is 3.37. The Morgan fingerprint density at radius 3 is 2.60 bits per heavy atom. The number of ether oxygens (including phenoxy) is 2. The molecule has 1 aromatic heterocycles. The minimum atomic E-state index is 0.545. The van der Waals surface area contributed by atoms with Crippen LogP contribution in [0.2, 0.25) is 0 Å². The van der Waals surface area contributed by atoms with E-state index < -0.39 is 0 Å². The summed E-state index contributed by atoms with van der Waals surface area (Å²) in [6.07, 6.45) is 1.70. The maximum atomic E-state index is 5.95. The smallest absolute Gasteiger partial charge is 0.224 e. The molecule has 25 heavy (non-hydrogen) atoms. The normalized spacial score (nSPS) is 10.3. The van der Waals surface area contributed by atoms with Crippen LogP contribution in [0.5, 0.6) is 11.5 Å². The topological polar surface area (TPSA) is 68.3 Å². The minimum absolute atomic E-state index is 0.545. The van der Waals surface area contributed by atoms with Crippen molar-refractivity contribution in [1.82, 2.24) is 9.97 Å². The van der Waals surface area contributed by atoms with Crippen LogP contribution in [0.1, 0.15) is 0 Å². The van der Waals surface area contributed by atoms with E-state index in [1.165, 1.54) is 0 Å². The maximum absolute atomic E-state index is 5.95. The number of hydrogen-bond acceptors (Lipinski definition) is 6. The van der Waals surface area contributed by atoms with Crippen LogP contribution in [0.3, 0.4) is 0 Å². The summed E-state index contributed by atoms with van der Waals surface area (Å²) >= 11 is 0. The number of nitrogens with zero attached hydrogens (tertiary/aromatic N) is 2. The van der Waals surface area contributed by atoms with Gasteiger partial charge in [-0.1, -0.05) is 30.3 Å². The van der Waals surface area contributed by atoms with Crippen molar-refractivity contribution in [3.8, 4) is 11.5 Å². The van der Waals surface area contributed by atoms with Gasteiger partial charge >= 0.3 is 0 Å². The van der Waals surface area contributed by atoms with Crippen LogP contribution in [0, 0.1) is 0 Å². The molecule has 2 N–H and O–H groups in total. The third kappa shape index (κ3) is 4.92. The molecular formula is C19H20N4O2. The highest BCUT2D eigenvalue weighted by Gasteiger charge is 2.06. The lowest BCUT2D eigenvalue weighted by Crippen LogP contribution is -2.10. The molecular weight excluding hydrogens is 316 g/mol. The number of nitrogens with one attached hydrogen (secondary N) is 2. The zero-order chi connectivity index (χ0) is 17.3. The summed E-state index contributed by atoms with van der Waals surface area (Å²) in [4.78, 5) is 8.64. The van der Waals surface area contributed by atoms with Gasteiger partial charge in [-0.3, -0.25) is 0 Å². The van der Waals surface area contributed by atoms with E-state index in [4.69, 9.17) is 9.47 Å². The van der Waals surface area contributed by atoms with E-state index >= 15 is 0 Å². The van der Waals surface area contributed by atoms with Gasteiger partial charge in [0, 0.05) is 19.9 Å². The first-order valence-corrected chi connectivity index (χ1v) is 8.00. The van der Waals surface area contributed by atoms with Crippen LogP contribution in [0.4, 0.5) is 17.5 Å². The quantitative estimate of drug-likeness (QED) is 0.604. The molecule has 0 saturated heterocycles. The molecule has 3 aromatic rings. The second-order valence-corrected chi connectivity index (χ2v) is 5.22. The van der Waals surface area contributed by atoms with Crippen LogP contribution in [-0.2, 0) is 4.74 Å². The van der Waals surface area contributed by atoms with Crippen LogP contribution in [0.25, 0.3) is 0 Å². The summed E-state index contributed by atoms with van der Waals surface area (Å²) in [6.45, 7) is 1.24. The Morgan fingerprint density at radius 1 is 0.960 bits per heavy atom. The minimum Gasteiger partial charge on any atom is -0.455 e. The van der Waals surface area contributed by atoms with E-state index in [0.717, 1.165) is 17.2 Å². The van der Waals surface area contributed by atoms with Gasteiger partial charge in [-0.05, 0) is 30.3 Å².